The standard InChI is InChI=1S/C26H38F3N5O4/c1-23(2,3)18(32-22(38)26(27,28)29)21(37)34-12-15-16(25(15,6)7)17(34)20(36)31-14(11-30)10-13-8-9-24(4,5)33-19(13)35/h13-18H,8-10,12H2,1-7H3,(H,31,36)(H,32,38)(H,33,35)/t13?,14?,15?,16?,17?,18-/m0/s1. The van der Waals surface area contributed by atoms with E-state index in [9.17, 15) is 37.6 Å². The number of alkyl halides is 3. The molecule has 4 amide bonds. The second-order valence-corrected chi connectivity index (χ2v) is 13.2. The van der Waals surface area contributed by atoms with Crippen LogP contribution in [0, 0.1) is 39.9 Å². The summed E-state index contributed by atoms with van der Waals surface area (Å²) in [7, 11) is 0. The highest BCUT2D eigenvalue weighted by Crippen LogP contribution is 2.65. The van der Waals surface area contributed by atoms with Crippen LogP contribution in [0.4, 0.5) is 13.2 Å². The number of nitrogens with one attached hydrogen (secondary N) is 3. The van der Waals surface area contributed by atoms with E-state index in [0.717, 1.165) is 6.42 Å². The first-order chi connectivity index (χ1) is 17.2. The van der Waals surface area contributed by atoms with Gasteiger partial charge in [-0.3, -0.25) is 19.2 Å². The summed E-state index contributed by atoms with van der Waals surface area (Å²) in [5, 5.41) is 17.1. The van der Waals surface area contributed by atoms with E-state index in [-0.39, 0.29) is 41.7 Å². The molecule has 9 nitrogen and oxygen atoms in total. The van der Waals surface area contributed by atoms with E-state index >= 15 is 0 Å². The number of halogens is 3. The smallest absolute Gasteiger partial charge is 0.351 e. The number of rotatable bonds is 6. The molecule has 0 bridgehead atoms. The summed E-state index contributed by atoms with van der Waals surface area (Å²) in [6, 6.07) is -1.48. The van der Waals surface area contributed by atoms with Gasteiger partial charge in [0.05, 0.1) is 6.07 Å². The normalized spacial score (nSPS) is 29.3. The zero-order chi connectivity index (χ0) is 29.0. The Balaban J connectivity index is 1.79. The number of carbonyl (C=O) groups is 4. The number of carbonyl (C=O) groups excluding carboxylic acids is 4. The second kappa shape index (κ2) is 9.72. The molecule has 12 heteroatoms. The molecule has 1 aliphatic carbocycles. The van der Waals surface area contributed by atoms with Gasteiger partial charge in [0.2, 0.25) is 17.7 Å². The van der Waals surface area contributed by atoms with Crippen molar-refractivity contribution in [2.75, 3.05) is 6.54 Å². The van der Waals surface area contributed by atoms with Gasteiger partial charge in [0.15, 0.2) is 0 Å². The molecule has 3 aliphatic rings. The van der Waals surface area contributed by atoms with Crippen LogP contribution in [0.3, 0.4) is 0 Å². The lowest BCUT2D eigenvalue weighted by Crippen LogP contribution is -2.61. The fraction of sp³-hybridized carbons (Fsp3) is 0.808. The quantitative estimate of drug-likeness (QED) is 0.475. The average molecular weight is 542 g/mol. The molecule has 3 N–H and O–H groups in total. The molecule has 0 spiro atoms. The number of hydrogen-bond donors (Lipinski definition) is 3. The molecule has 2 saturated heterocycles. The molecular formula is C26H38F3N5O4. The molecular weight excluding hydrogens is 503 g/mol. The molecule has 0 aromatic heterocycles. The number of piperidine rings is 2. The topological polar surface area (TPSA) is 131 Å². The summed E-state index contributed by atoms with van der Waals surface area (Å²) >= 11 is 0. The molecule has 0 aromatic carbocycles. The van der Waals surface area contributed by atoms with Crippen LogP contribution in [-0.2, 0) is 19.2 Å². The predicted molar refractivity (Wildman–Crippen MR) is 131 cm³/mol. The minimum atomic E-state index is -5.17. The second-order valence-electron chi connectivity index (χ2n) is 13.2. The average Bonchev–Trinajstić information content (AvgIpc) is 3.10. The maximum Gasteiger partial charge on any atom is 0.471 e. The van der Waals surface area contributed by atoms with Crippen LogP contribution in [0.2, 0.25) is 0 Å². The first-order valence-corrected chi connectivity index (χ1v) is 12.9. The van der Waals surface area contributed by atoms with Crippen molar-refractivity contribution in [1.29, 1.82) is 5.26 Å². The molecule has 6 atom stereocenters. The Morgan fingerprint density at radius 1 is 1.16 bits per heavy atom. The van der Waals surface area contributed by atoms with Gasteiger partial charge in [-0.1, -0.05) is 34.6 Å². The number of likely N-dealkylation sites (tertiary alicyclic amines) is 1. The number of hydrogen-bond acceptors (Lipinski definition) is 5. The van der Waals surface area contributed by atoms with Gasteiger partial charge in [0, 0.05) is 18.0 Å². The molecule has 0 radical (unpaired) electrons. The van der Waals surface area contributed by atoms with Crippen LogP contribution in [-0.4, -0.2) is 64.9 Å². The Morgan fingerprint density at radius 3 is 2.26 bits per heavy atom. The molecule has 3 rings (SSSR count). The van der Waals surface area contributed by atoms with Crippen molar-refractivity contribution < 1.29 is 32.3 Å². The maximum absolute atomic E-state index is 13.6. The molecule has 1 saturated carbocycles. The maximum atomic E-state index is 13.6. The summed E-state index contributed by atoms with van der Waals surface area (Å²) in [4.78, 5) is 52.6. The van der Waals surface area contributed by atoms with Crippen LogP contribution >= 0.6 is 0 Å². The third-order valence-electron chi connectivity index (χ3n) is 8.35. The van der Waals surface area contributed by atoms with Crippen LogP contribution in [0.15, 0.2) is 0 Å². The number of nitriles is 1. The van der Waals surface area contributed by atoms with Crippen LogP contribution in [0.25, 0.3) is 0 Å². The highest BCUT2D eigenvalue weighted by atomic mass is 19.4. The Bertz CT molecular complexity index is 1040. The van der Waals surface area contributed by atoms with E-state index in [1.54, 1.807) is 0 Å². The Labute approximate surface area is 221 Å². The molecule has 212 valence electrons. The summed E-state index contributed by atoms with van der Waals surface area (Å²) in [5.41, 5.74) is -1.69. The van der Waals surface area contributed by atoms with Crippen LogP contribution < -0.4 is 16.0 Å². The lowest BCUT2D eigenvalue weighted by molar-refractivity contribution is -0.176. The van der Waals surface area contributed by atoms with Crippen molar-refractivity contribution in [3.05, 3.63) is 0 Å². The van der Waals surface area contributed by atoms with Gasteiger partial charge in [0.1, 0.15) is 18.1 Å². The monoisotopic (exact) mass is 541 g/mol. The van der Waals surface area contributed by atoms with E-state index in [4.69, 9.17) is 0 Å². The zero-order valence-corrected chi connectivity index (χ0v) is 23.0. The molecule has 38 heavy (non-hydrogen) atoms. The van der Waals surface area contributed by atoms with E-state index in [1.807, 2.05) is 39.1 Å². The predicted octanol–water partition coefficient (Wildman–Crippen LogP) is 2.27. The van der Waals surface area contributed by atoms with Crippen molar-refractivity contribution in [2.24, 2.45) is 28.6 Å². The van der Waals surface area contributed by atoms with Crippen molar-refractivity contribution in [1.82, 2.24) is 20.9 Å². The van der Waals surface area contributed by atoms with Gasteiger partial charge < -0.3 is 20.9 Å². The number of amides is 4. The summed E-state index contributed by atoms with van der Waals surface area (Å²) in [6.45, 7) is 12.5. The largest absolute Gasteiger partial charge is 0.471 e. The third-order valence-corrected chi connectivity index (χ3v) is 8.35. The summed E-state index contributed by atoms with van der Waals surface area (Å²) in [6.07, 6.45) is -3.79. The molecule has 0 aromatic rings. The van der Waals surface area contributed by atoms with Gasteiger partial charge in [-0.2, -0.15) is 18.4 Å². The Kier molecular flexibility index (Phi) is 7.60. The molecule has 5 unspecified atom stereocenters. The highest BCUT2D eigenvalue weighted by molar-refractivity contribution is 5.95. The lowest BCUT2D eigenvalue weighted by Gasteiger charge is -2.38. The first kappa shape index (κ1) is 29.7. The fourth-order valence-electron chi connectivity index (χ4n) is 5.92. The highest BCUT2D eigenvalue weighted by Gasteiger charge is 2.70. The zero-order valence-electron chi connectivity index (χ0n) is 23.0. The van der Waals surface area contributed by atoms with Gasteiger partial charge in [-0.15, -0.1) is 0 Å². The third kappa shape index (κ3) is 5.91. The molecule has 3 fully saturated rings. The minimum absolute atomic E-state index is 0.0481. The SMILES string of the molecule is CC1(C)CCC(CC(C#N)NC(=O)C2C3C(CN2C(=O)[C@H](NC(=O)C(F)(F)F)C(C)(C)C)C3(C)C)C(=O)N1. The van der Waals surface area contributed by atoms with E-state index in [2.05, 4.69) is 10.6 Å². The molecule has 2 heterocycles. The van der Waals surface area contributed by atoms with Crippen LogP contribution in [0.5, 0.6) is 0 Å². The Hall–Kier alpha value is -2.84. The van der Waals surface area contributed by atoms with E-state index in [1.165, 1.54) is 25.7 Å². The van der Waals surface area contributed by atoms with Crippen LogP contribution in [0.1, 0.15) is 67.7 Å². The summed E-state index contributed by atoms with van der Waals surface area (Å²) < 4.78 is 39.0. The van der Waals surface area contributed by atoms with Gasteiger partial charge in [-0.05, 0) is 55.8 Å². The number of fused-ring (bicyclic) bond motifs is 1. The van der Waals surface area contributed by atoms with Crippen molar-refractivity contribution in [2.45, 2.75) is 97.6 Å². The van der Waals surface area contributed by atoms with Crippen molar-refractivity contribution >= 4 is 23.6 Å². The fourth-order valence-corrected chi connectivity index (χ4v) is 5.92. The van der Waals surface area contributed by atoms with Crippen molar-refractivity contribution in [3.8, 4) is 6.07 Å². The van der Waals surface area contributed by atoms with Crippen molar-refractivity contribution in [3.63, 3.8) is 0 Å². The Morgan fingerprint density at radius 2 is 1.76 bits per heavy atom. The van der Waals surface area contributed by atoms with Gasteiger partial charge in [-0.25, -0.2) is 0 Å². The minimum Gasteiger partial charge on any atom is -0.351 e. The van der Waals surface area contributed by atoms with Gasteiger partial charge in [0.25, 0.3) is 0 Å². The first-order valence-electron chi connectivity index (χ1n) is 12.9. The van der Waals surface area contributed by atoms with E-state index in [0.29, 0.717) is 6.42 Å². The number of nitrogens with zero attached hydrogens (tertiary/aromatic N) is 2. The summed E-state index contributed by atoms with van der Waals surface area (Å²) in [5.74, 6) is -4.53. The van der Waals surface area contributed by atoms with E-state index < -0.39 is 53.4 Å². The van der Waals surface area contributed by atoms with Gasteiger partial charge >= 0.3 is 12.1 Å². The lowest BCUT2D eigenvalue weighted by atomic mass is 9.83. The molecule has 2 aliphatic heterocycles.